The smallest absolute Gasteiger partial charge is 0.252 e. The summed E-state index contributed by atoms with van der Waals surface area (Å²) in [5.41, 5.74) is 8.08. The molecule has 3 aromatic rings. The van der Waals surface area contributed by atoms with E-state index >= 15 is 0 Å². The maximum atomic E-state index is 12.5. The number of hydrogen-bond acceptors (Lipinski definition) is 3. The van der Waals surface area contributed by atoms with Crippen LogP contribution >= 0.6 is 0 Å². The Balaban J connectivity index is 1.77. The van der Waals surface area contributed by atoms with E-state index in [-0.39, 0.29) is 12.5 Å². The van der Waals surface area contributed by atoms with E-state index in [9.17, 15) is 9.59 Å². The first-order valence-electron chi connectivity index (χ1n) is 8.25. The number of carbonyl (C=O) groups excluding carboxylic acids is 2. The highest BCUT2D eigenvalue weighted by atomic mass is 16.2. The van der Waals surface area contributed by atoms with Crippen molar-refractivity contribution in [1.82, 2.24) is 14.7 Å². The van der Waals surface area contributed by atoms with Gasteiger partial charge in [0.2, 0.25) is 5.91 Å². The molecule has 0 atom stereocenters. The number of hydrogen-bond donors (Lipinski definition) is 1. The summed E-state index contributed by atoms with van der Waals surface area (Å²) in [6.07, 6.45) is 1.53. The maximum Gasteiger partial charge on any atom is 0.252 e. The van der Waals surface area contributed by atoms with Gasteiger partial charge in [0.15, 0.2) is 0 Å². The predicted octanol–water partition coefficient (Wildman–Crippen LogP) is 2.31. The summed E-state index contributed by atoms with van der Waals surface area (Å²) in [7, 11) is 1.74. The molecule has 26 heavy (non-hydrogen) atoms. The fourth-order valence-corrected chi connectivity index (χ4v) is 2.70. The van der Waals surface area contributed by atoms with E-state index in [1.165, 1.54) is 10.9 Å². The van der Waals surface area contributed by atoms with Gasteiger partial charge in [0.25, 0.3) is 5.91 Å². The summed E-state index contributed by atoms with van der Waals surface area (Å²) in [6.45, 7) is 0.547. The van der Waals surface area contributed by atoms with E-state index in [0.717, 1.165) is 11.1 Å². The van der Waals surface area contributed by atoms with Crippen LogP contribution in [0.1, 0.15) is 15.9 Å². The molecule has 0 saturated heterocycles. The summed E-state index contributed by atoms with van der Waals surface area (Å²) in [5.74, 6) is -0.674. The highest BCUT2D eigenvalue weighted by molar-refractivity contribution is 5.98. The predicted molar refractivity (Wildman–Crippen MR) is 99.1 cm³/mol. The number of likely N-dealkylation sites (N-methyl/N-ethyl adjacent to an activating group) is 1. The molecule has 3 rings (SSSR count). The number of aromatic nitrogens is 2. The topological polar surface area (TPSA) is 81.2 Å². The molecule has 0 aliphatic rings. The highest BCUT2D eigenvalue weighted by Gasteiger charge is 2.18. The first-order chi connectivity index (χ1) is 12.5. The third-order valence-electron chi connectivity index (χ3n) is 4.06. The second-order valence-electron chi connectivity index (χ2n) is 6.05. The van der Waals surface area contributed by atoms with Crippen LogP contribution in [0.5, 0.6) is 0 Å². The molecular weight excluding hydrogens is 328 g/mol. The van der Waals surface area contributed by atoms with Crippen LogP contribution in [0.15, 0.2) is 66.9 Å². The Labute approximate surface area is 151 Å². The fourth-order valence-electron chi connectivity index (χ4n) is 2.70. The van der Waals surface area contributed by atoms with Crippen LogP contribution in [0.3, 0.4) is 0 Å². The number of rotatable bonds is 6. The lowest BCUT2D eigenvalue weighted by Gasteiger charge is -2.17. The number of benzene rings is 2. The monoisotopic (exact) mass is 348 g/mol. The van der Waals surface area contributed by atoms with Gasteiger partial charge in [0, 0.05) is 25.4 Å². The van der Waals surface area contributed by atoms with Gasteiger partial charge < -0.3 is 10.6 Å². The fraction of sp³-hybridized carbons (Fsp3) is 0.150. The Morgan fingerprint density at radius 3 is 2.27 bits per heavy atom. The molecule has 0 unspecified atom stereocenters. The number of nitrogens with two attached hydrogens (primary N) is 1. The standard InChI is InChI=1S/C20H20N4O2/c1-23(12-15-8-4-2-5-9-15)18(25)14-24-13-17(20(21)26)19(22-24)16-10-6-3-7-11-16/h2-11,13H,12,14H2,1H3,(H2,21,26). The van der Waals surface area contributed by atoms with Crippen molar-refractivity contribution in [2.75, 3.05) is 7.05 Å². The lowest BCUT2D eigenvalue weighted by atomic mass is 10.1. The van der Waals surface area contributed by atoms with Crippen LogP contribution in [0.2, 0.25) is 0 Å². The lowest BCUT2D eigenvalue weighted by Crippen LogP contribution is -2.30. The summed E-state index contributed by atoms with van der Waals surface area (Å²) < 4.78 is 1.46. The number of nitrogens with zero attached hydrogens (tertiary/aromatic N) is 3. The Morgan fingerprint density at radius 1 is 1.04 bits per heavy atom. The number of amides is 2. The summed E-state index contributed by atoms with van der Waals surface area (Å²) in [4.78, 5) is 25.9. The van der Waals surface area contributed by atoms with Crippen molar-refractivity contribution in [1.29, 1.82) is 0 Å². The molecule has 1 aromatic heterocycles. The first kappa shape index (κ1) is 17.4. The SMILES string of the molecule is CN(Cc1ccccc1)C(=O)Cn1cc(C(N)=O)c(-c2ccccc2)n1. The molecule has 132 valence electrons. The average Bonchev–Trinajstić information content (AvgIpc) is 3.07. The molecule has 0 bridgehead atoms. The Bertz CT molecular complexity index is 904. The lowest BCUT2D eigenvalue weighted by molar-refractivity contribution is -0.131. The van der Waals surface area contributed by atoms with E-state index in [2.05, 4.69) is 5.10 Å². The third kappa shape index (κ3) is 3.97. The van der Waals surface area contributed by atoms with Gasteiger partial charge >= 0.3 is 0 Å². The molecule has 0 fully saturated rings. The van der Waals surface area contributed by atoms with Crippen molar-refractivity contribution in [3.05, 3.63) is 78.0 Å². The van der Waals surface area contributed by atoms with Gasteiger partial charge in [-0.25, -0.2) is 0 Å². The van der Waals surface area contributed by atoms with Crippen LogP contribution in [0, 0.1) is 0 Å². The molecule has 6 heteroatoms. The minimum absolute atomic E-state index is 0.0381. The van der Waals surface area contributed by atoms with Crippen molar-refractivity contribution >= 4 is 11.8 Å². The van der Waals surface area contributed by atoms with E-state index in [4.69, 9.17) is 5.73 Å². The van der Waals surface area contributed by atoms with Gasteiger partial charge in [-0.1, -0.05) is 60.7 Å². The van der Waals surface area contributed by atoms with Crippen LogP contribution in [-0.2, 0) is 17.9 Å². The van der Waals surface area contributed by atoms with Gasteiger partial charge in [-0.3, -0.25) is 14.3 Å². The molecule has 0 radical (unpaired) electrons. The van der Waals surface area contributed by atoms with Gasteiger partial charge in [0.1, 0.15) is 12.2 Å². The van der Waals surface area contributed by atoms with Gasteiger partial charge in [-0.15, -0.1) is 0 Å². The first-order valence-corrected chi connectivity index (χ1v) is 8.25. The molecule has 0 aliphatic heterocycles. The Hall–Kier alpha value is -3.41. The molecule has 0 aliphatic carbocycles. The van der Waals surface area contributed by atoms with Crippen molar-refractivity contribution in [2.45, 2.75) is 13.1 Å². The van der Waals surface area contributed by atoms with Crippen LogP contribution in [0.25, 0.3) is 11.3 Å². The van der Waals surface area contributed by atoms with E-state index in [1.54, 1.807) is 11.9 Å². The van der Waals surface area contributed by atoms with Crippen molar-refractivity contribution in [3.8, 4) is 11.3 Å². The Morgan fingerprint density at radius 2 is 1.65 bits per heavy atom. The minimum atomic E-state index is -0.569. The van der Waals surface area contributed by atoms with E-state index < -0.39 is 5.91 Å². The summed E-state index contributed by atoms with van der Waals surface area (Å²) in [5, 5.41) is 4.40. The largest absolute Gasteiger partial charge is 0.365 e. The van der Waals surface area contributed by atoms with Gasteiger partial charge in [0.05, 0.1) is 5.56 Å². The van der Waals surface area contributed by atoms with Crippen molar-refractivity contribution in [2.24, 2.45) is 5.73 Å². The second kappa shape index (κ2) is 7.65. The molecule has 1 heterocycles. The van der Waals surface area contributed by atoms with Crippen LogP contribution < -0.4 is 5.73 Å². The molecule has 0 spiro atoms. The summed E-state index contributed by atoms with van der Waals surface area (Å²) in [6, 6.07) is 19.0. The Kier molecular flexibility index (Phi) is 5.12. The molecule has 2 aromatic carbocycles. The molecular formula is C20H20N4O2. The number of carbonyl (C=O) groups is 2. The second-order valence-corrected chi connectivity index (χ2v) is 6.05. The zero-order chi connectivity index (χ0) is 18.5. The maximum absolute atomic E-state index is 12.5. The zero-order valence-electron chi connectivity index (χ0n) is 14.5. The van der Waals surface area contributed by atoms with Gasteiger partial charge in [-0.2, -0.15) is 5.10 Å². The molecule has 6 nitrogen and oxygen atoms in total. The van der Waals surface area contributed by atoms with Crippen molar-refractivity contribution in [3.63, 3.8) is 0 Å². The number of primary amides is 1. The van der Waals surface area contributed by atoms with E-state index in [0.29, 0.717) is 17.8 Å². The highest BCUT2D eigenvalue weighted by Crippen LogP contribution is 2.21. The molecule has 0 saturated carbocycles. The minimum Gasteiger partial charge on any atom is -0.365 e. The molecule has 2 amide bonds. The van der Waals surface area contributed by atoms with Crippen LogP contribution in [-0.4, -0.2) is 33.5 Å². The van der Waals surface area contributed by atoms with E-state index in [1.807, 2.05) is 60.7 Å². The van der Waals surface area contributed by atoms with Crippen LogP contribution in [0.4, 0.5) is 0 Å². The third-order valence-corrected chi connectivity index (χ3v) is 4.06. The molecule has 2 N–H and O–H groups in total. The zero-order valence-corrected chi connectivity index (χ0v) is 14.5. The van der Waals surface area contributed by atoms with Crippen molar-refractivity contribution < 1.29 is 9.59 Å². The average molecular weight is 348 g/mol. The quantitative estimate of drug-likeness (QED) is 0.742. The normalized spacial score (nSPS) is 10.5. The summed E-state index contributed by atoms with van der Waals surface area (Å²) >= 11 is 0. The van der Waals surface area contributed by atoms with Gasteiger partial charge in [-0.05, 0) is 5.56 Å².